The van der Waals surface area contributed by atoms with Gasteiger partial charge in [-0.05, 0) is 36.4 Å². The van der Waals surface area contributed by atoms with E-state index in [2.05, 4.69) is 15.6 Å². The van der Waals surface area contributed by atoms with Crippen LogP contribution in [-0.2, 0) is 11.3 Å². The van der Waals surface area contributed by atoms with Gasteiger partial charge in [-0.1, -0.05) is 6.07 Å². The SMILES string of the molecule is CN=C(NCc1csc(-c2ccc(OC)cc2)n1)Nc1cccc(OCCCOC)c1.I. The van der Waals surface area contributed by atoms with Crippen LogP contribution in [0, 0.1) is 0 Å². The minimum Gasteiger partial charge on any atom is -0.497 e. The van der Waals surface area contributed by atoms with Crippen molar-refractivity contribution in [2.75, 3.05) is 39.8 Å². The predicted molar refractivity (Wildman–Crippen MR) is 142 cm³/mol. The summed E-state index contributed by atoms with van der Waals surface area (Å²) in [5, 5.41) is 9.61. The number of aliphatic imine (C=N–C) groups is 1. The highest BCUT2D eigenvalue weighted by atomic mass is 127. The normalized spacial score (nSPS) is 10.9. The smallest absolute Gasteiger partial charge is 0.195 e. The summed E-state index contributed by atoms with van der Waals surface area (Å²) in [6.07, 6.45) is 0.851. The van der Waals surface area contributed by atoms with Crippen LogP contribution in [0.15, 0.2) is 58.9 Å². The van der Waals surface area contributed by atoms with Crippen LogP contribution in [0.1, 0.15) is 12.1 Å². The van der Waals surface area contributed by atoms with Crippen LogP contribution < -0.4 is 20.1 Å². The first kappa shape index (κ1) is 25.9. The summed E-state index contributed by atoms with van der Waals surface area (Å²) in [7, 11) is 5.09. The lowest BCUT2D eigenvalue weighted by Gasteiger charge is -2.12. The van der Waals surface area contributed by atoms with Gasteiger partial charge in [-0.2, -0.15) is 0 Å². The molecule has 2 N–H and O–H groups in total. The number of rotatable bonds is 10. The molecule has 0 radical (unpaired) electrons. The number of hydrogen-bond donors (Lipinski definition) is 2. The zero-order valence-electron chi connectivity index (χ0n) is 18.5. The molecule has 0 bridgehead atoms. The van der Waals surface area contributed by atoms with E-state index in [1.807, 2.05) is 53.9 Å². The van der Waals surface area contributed by atoms with Gasteiger partial charge < -0.3 is 24.8 Å². The average Bonchev–Trinajstić information content (AvgIpc) is 3.29. The third-order valence-electron chi connectivity index (χ3n) is 4.41. The van der Waals surface area contributed by atoms with E-state index in [4.69, 9.17) is 19.2 Å². The van der Waals surface area contributed by atoms with E-state index in [-0.39, 0.29) is 24.0 Å². The summed E-state index contributed by atoms with van der Waals surface area (Å²) in [6.45, 7) is 1.87. The summed E-state index contributed by atoms with van der Waals surface area (Å²) in [5.41, 5.74) is 2.92. The van der Waals surface area contributed by atoms with Crippen LogP contribution in [0.5, 0.6) is 11.5 Å². The lowest BCUT2D eigenvalue weighted by Crippen LogP contribution is -2.30. The number of anilines is 1. The molecule has 2 aromatic carbocycles. The Hall–Kier alpha value is -2.37. The Kier molecular flexibility index (Phi) is 11.3. The molecule has 1 aromatic heterocycles. The third kappa shape index (κ3) is 7.95. The molecule has 1 heterocycles. The van der Waals surface area contributed by atoms with E-state index < -0.39 is 0 Å². The maximum atomic E-state index is 5.76. The first-order valence-corrected chi connectivity index (χ1v) is 10.9. The van der Waals surface area contributed by atoms with E-state index in [0.29, 0.717) is 25.7 Å². The zero-order chi connectivity index (χ0) is 21.9. The van der Waals surface area contributed by atoms with Gasteiger partial charge in [0.2, 0.25) is 0 Å². The molecule has 7 nitrogen and oxygen atoms in total. The fraction of sp³-hybridized carbons (Fsp3) is 0.304. The van der Waals surface area contributed by atoms with E-state index in [0.717, 1.165) is 39.9 Å². The first-order valence-electron chi connectivity index (χ1n) is 10.00. The molecule has 0 unspecified atom stereocenters. The Labute approximate surface area is 210 Å². The van der Waals surface area contributed by atoms with Gasteiger partial charge in [-0.25, -0.2) is 4.98 Å². The van der Waals surface area contributed by atoms with Gasteiger partial charge in [0.1, 0.15) is 16.5 Å². The van der Waals surface area contributed by atoms with Crippen LogP contribution in [-0.4, -0.2) is 45.4 Å². The number of thiazole rings is 1. The van der Waals surface area contributed by atoms with Crippen LogP contribution in [0.4, 0.5) is 5.69 Å². The summed E-state index contributed by atoms with van der Waals surface area (Å²) < 4.78 is 16.0. The van der Waals surface area contributed by atoms with Crippen LogP contribution in [0.25, 0.3) is 10.6 Å². The van der Waals surface area contributed by atoms with Gasteiger partial charge in [-0.15, -0.1) is 35.3 Å². The van der Waals surface area contributed by atoms with Gasteiger partial charge in [0.25, 0.3) is 0 Å². The Bertz CT molecular complexity index is 979. The lowest BCUT2D eigenvalue weighted by atomic mass is 10.2. The Morgan fingerprint density at radius 2 is 1.88 bits per heavy atom. The second-order valence-corrected chi connectivity index (χ2v) is 7.50. The number of halogens is 1. The molecule has 9 heteroatoms. The second kappa shape index (κ2) is 13.9. The fourth-order valence-corrected chi connectivity index (χ4v) is 3.63. The number of benzene rings is 2. The molecule has 0 atom stereocenters. The minimum absolute atomic E-state index is 0. The summed E-state index contributed by atoms with van der Waals surface area (Å²) in [6, 6.07) is 15.7. The molecule has 32 heavy (non-hydrogen) atoms. The zero-order valence-corrected chi connectivity index (χ0v) is 21.6. The minimum atomic E-state index is 0. The fourth-order valence-electron chi connectivity index (χ4n) is 2.80. The van der Waals surface area contributed by atoms with Gasteiger partial charge in [0.05, 0.1) is 26.0 Å². The quantitative estimate of drug-likeness (QED) is 0.155. The number of nitrogens with one attached hydrogen (secondary N) is 2. The van der Waals surface area contributed by atoms with Crippen molar-refractivity contribution in [3.8, 4) is 22.1 Å². The number of aromatic nitrogens is 1. The molecule has 3 rings (SSSR count). The number of ether oxygens (including phenoxy) is 3. The standard InChI is InChI=1S/C23H28N4O3S.HI/c1-24-23(27-18-6-4-7-21(14-18)30-13-5-12-28-2)25-15-19-16-31-22(26-19)17-8-10-20(29-3)11-9-17;/h4,6-11,14,16H,5,12-13,15H2,1-3H3,(H2,24,25,27);1H. The molecule has 172 valence electrons. The van der Waals surface area contributed by atoms with E-state index in [1.165, 1.54) is 0 Å². The predicted octanol–water partition coefficient (Wildman–Crippen LogP) is 5.04. The molecule has 0 spiro atoms. The van der Waals surface area contributed by atoms with Crippen LogP contribution in [0.3, 0.4) is 0 Å². The highest BCUT2D eigenvalue weighted by molar-refractivity contribution is 14.0. The first-order chi connectivity index (χ1) is 15.2. The molecular formula is C23H29IN4O3S. The van der Waals surface area contributed by atoms with Gasteiger partial charge in [0.15, 0.2) is 5.96 Å². The number of nitrogens with zero attached hydrogens (tertiary/aromatic N) is 2. The third-order valence-corrected chi connectivity index (χ3v) is 5.35. The maximum Gasteiger partial charge on any atom is 0.195 e. The number of hydrogen-bond acceptors (Lipinski definition) is 6. The Balaban J connectivity index is 0.00000363. The van der Waals surface area contributed by atoms with Crippen molar-refractivity contribution >= 4 is 47.0 Å². The monoisotopic (exact) mass is 568 g/mol. The Morgan fingerprint density at radius 3 is 2.59 bits per heavy atom. The van der Waals surface area contributed by atoms with Gasteiger partial charge in [-0.3, -0.25) is 4.99 Å². The molecule has 0 aliphatic rings. The molecule has 0 aliphatic heterocycles. The molecule has 0 aliphatic carbocycles. The highest BCUT2D eigenvalue weighted by Gasteiger charge is 2.07. The summed E-state index contributed by atoms with van der Waals surface area (Å²) in [4.78, 5) is 9.01. The second-order valence-electron chi connectivity index (χ2n) is 6.65. The van der Waals surface area contributed by atoms with Crippen LogP contribution in [0.2, 0.25) is 0 Å². The van der Waals surface area contributed by atoms with Crippen molar-refractivity contribution in [1.82, 2.24) is 10.3 Å². The number of methoxy groups -OCH3 is 2. The molecule has 0 fully saturated rings. The molecule has 0 saturated heterocycles. The van der Waals surface area contributed by atoms with Crippen molar-refractivity contribution in [1.29, 1.82) is 0 Å². The summed E-state index contributed by atoms with van der Waals surface area (Å²) in [5.74, 6) is 2.30. The van der Waals surface area contributed by atoms with Crippen molar-refractivity contribution in [2.24, 2.45) is 4.99 Å². The Morgan fingerprint density at radius 1 is 1.06 bits per heavy atom. The summed E-state index contributed by atoms with van der Waals surface area (Å²) >= 11 is 1.61. The van der Waals surface area contributed by atoms with E-state index in [9.17, 15) is 0 Å². The largest absolute Gasteiger partial charge is 0.497 e. The lowest BCUT2D eigenvalue weighted by molar-refractivity contribution is 0.172. The van der Waals surface area contributed by atoms with E-state index in [1.54, 1.807) is 32.6 Å². The van der Waals surface area contributed by atoms with Crippen molar-refractivity contribution < 1.29 is 14.2 Å². The topological polar surface area (TPSA) is 77.0 Å². The average molecular weight is 568 g/mol. The van der Waals surface area contributed by atoms with Crippen LogP contribution >= 0.6 is 35.3 Å². The van der Waals surface area contributed by atoms with Crippen molar-refractivity contribution in [2.45, 2.75) is 13.0 Å². The highest BCUT2D eigenvalue weighted by Crippen LogP contribution is 2.25. The van der Waals surface area contributed by atoms with Gasteiger partial charge in [0, 0.05) is 49.9 Å². The molecule has 0 amide bonds. The maximum absolute atomic E-state index is 5.76. The van der Waals surface area contributed by atoms with Crippen molar-refractivity contribution in [3.63, 3.8) is 0 Å². The molecule has 3 aromatic rings. The molecule has 0 saturated carbocycles. The molecular weight excluding hydrogens is 539 g/mol. The number of guanidine groups is 1. The van der Waals surface area contributed by atoms with E-state index >= 15 is 0 Å². The van der Waals surface area contributed by atoms with Crippen molar-refractivity contribution in [3.05, 3.63) is 59.6 Å². The van der Waals surface area contributed by atoms with Gasteiger partial charge >= 0.3 is 0 Å².